The summed E-state index contributed by atoms with van der Waals surface area (Å²) in [6.07, 6.45) is 8.40. The molecule has 0 nitrogen and oxygen atoms in total. The summed E-state index contributed by atoms with van der Waals surface area (Å²) in [5.41, 5.74) is 16.9. The van der Waals surface area contributed by atoms with Gasteiger partial charge in [0.05, 0.1) is 0 Å². The van der Waals surface area contributed by atoms with Crippen LogP contribution in [-0.4, -0.2) is 0 Å². The third-order valence-electron chi connectivity index (χ3n) is 8.10. The summed E-state index contributed by atoms with van der Waals surface area (Å²) in [5.74, 6) is 1.30. The monoisotopic (exact) mass is 452 g/mol. The van der Waals surface area contributed by atoms with E-state index in [1.165, 1.54) is 65.5 Å². The van der Waals surface area contributed by atoms with Gasteiger partial charge in [-0.1, -0.05) is 75.7 Å². The Hall–Kier alpha value is -2.34. The highest BCUT2D eigenvalue weighted by atomic mass is 14.3. The maximum atomic E-state index is 2.61. The van der Waals surface area contributed by atoms with Crippen molar-refractivity contribution in [2.24, 2.45) is 5.92 Å². The van der Waals surface area contributed by atoms with E-state index in [4.69, 9.17) is 0 Å². The second kappa shape index (κ2) is 10.5. The van der Waals surface area contributed by atoms with Crippen LogP contribution in [0.1, 0.15) is 96.5 Å². The fraction of sp³-hybridized carbons (Fsp3) is 0.471. The Morgan fingerprint density at radius 1 is 0.853 bits per heavy atom. The quantitative estimate of drug-likeness (QED) is 0.335. The van der Waals surface area contributed by atoms with E-state index in [1.54, 1.807) is 27.8 Å². The van der Waals surface area contributed by atoms with Crippen LogP contribution in [0.4, 0.5) is 0 Å². The lowest BCUT2D eigenvalue weighted by molar-refractivity contribution is 0.535. The highest BCUT2D eigenvalue weighted by Crippen LogP contribution is 2.44. The van der Waals surface area contributed by atoms with E-state index in [-0.39, 0.29) is 0 Å². The summed E-state index contributed by atoms with van der Waals surface area (Å²) < 4.78 is 0. The highest BCUT2D eigenvalue weighted by Gasteiger charge is 2.28. The Kier molecular flexibility index (Phi) is 7.66. The number of hydrogen-bond donors (Lipinski definition) is 0. The standard InChI is InChI=1S/C34H44/c1-8-26-12-10-13-27(9-2)33(26)32-21-30(18-22(3)4)34-28(14-11-15-31(34)25(32)7)20-29-19-23(5)16-17-24(29)6/h10,12-13,16-17,19,21-22,28H,8-9,11,14-15,18,20H2,1-7H3. The molecule has 180 valence electrons. The van der Waals surface area contributed by atoms with E-state index in [0.717, 1.165) is 12.8 Å². The number of aryl methyl sites for hydroxylation is 4. The molecule has 1 atom stereocenters. The van der Waals surface area contributed by atoms with Crippen LogP contribution in [0, 0.1) is 26.7 Å². The van der Waals surface area contributed by atoms with Gasteiger partial charge < -0.3 is 0 Å². The average molecular weight is 453 g/mol. The lowest BCUT2D eigenvalue weighted by Gasteiger charge is -2.32. The average Bonchev–Trinajstić information content (AvgIpc) is 2.82. The Morgan fingerprint density at radius 3 is 2.21 bits per heavy atom. The Labute approximate surface area is 208 Å². The maximum absolute atomic E-state index is 2.61. The Bertz CT molecular complexity index is 1140. The van der Waals surface area contributed by atoms with Gasteiger partial charge in [0.2, 0.25) is 0 Å². The van der Waals surface area contributed by atoms with Crippen molar-refractivity contribution in [3.8, 4) is 11.1 Å². The molecule has 1 unspecified atom stereocenters. The molecule has 0 aliphatic heterocycles. The van der Waals surface area contributed by atoms with Gasteiger partial charge in [-0.15, -0.1) is 0 Å². The van der Waals surface area contributed by atoms with Crippen molar-refractivity contribution >= 4 is 0 Å². The molecule has 0 aromatic heterocycles. The molecule has 0 saturated heterocycles. The summed E-state index contributed by atoms with van der Waals surface area (Å²) in [7, 11) is 0. The normalized spacial score (nSPS) is 15.6. The molecule has 0 saturated carbocycles. The minimum atomic E-state index is 0.637. The van der Waals surface area contributed by atoms with Crippen molar-refractivity contribution in [2.75, 3.05) is 0 Å². The number of benzene rings is 3. The molecule has 0 heteroatoms. The second-order valence-electron chi connectivity index (χ2n) is 11.1. The van der Waals surface area contributed by atoms with Crippen LogP contribution < -0.4 is 0 Å². The molecule has 0 spiro atoms. The van der Waals surface area contributed by atoms with Crippen LogP contribution >= 0.6 is 0 Å². The van der Waals surface area contributed by atoms with E-state index in [1.807, 2.05) is 0 Å². The third-order valence-corrected chi connectivity index (χ3v) is 8.10. The molecular formula is C34H44. The smallest absolute Gasteiger partial charge is 0.0116 e. The van der Waals surface area contributed by atoms with Crippen LogP contribution in [0.5, 0.6) is 0 Å². The Balaban J connectivity index is 1.90. The van der Waals surface area contributed by atoms with Crippen LogP contribution in [0.15, 0.2) is 42.5 Å². The van der Waals surface area contributed by atoms with E-state index in [2.05, 4.69) is 90.9 Å². The number of fused-ring (bicyclic) bond motifs is 1. The van der Waals surface area contributed by atoms with Crippen molar-refractivity contribution < 1.29 is 0 Å². The highest BCUT2D eigenvalue weighted by molar-refractivity contribution is 5.77. The molecule has 4 rings (SSSR count). The SMILES string of the molecule is CCc1cccc(CC)c1-c1cc(CC(C)C)c2c(c1C)CCCC2Cc1cc(C)ccc1C. The topological polar surface area (TPSA) is 0 Å². The molecule has 0 amide bonds. The van der Waals surface area contributed by atoms with Gasteiger partial charge >= 0.3 is 0 Å². The minimum absolute atomic E-state index is 0.637. The first-order valence-corrected chi connectivity index (χ1v) is 13.7. The van der Waals surface area contributed by atoms with E-state index in [9.17, 15) is 0 Å². The van der Waals surface area contributed by atoms with E-state index in [0.29, 0.717) is 11.8 Å². The molecule has 1 aliphatic rings. The zero-order chi connectivity index (χ0) is 24.4. The van der Waals surface area contributed by atoms with Gasteiger partial charge in [-0.3, -0.25) is 0 Å². The molecular weight excluding hydrogens is 408 g/mol. The largest absolute Gasteiger partial charge is 0.0625 e. The van der Waals surface area contributed by atoms with E-state index < -0.39 is 0 Å². The summed E-state index contributed by atoms with van der Waals surface area (Å²) >= 11 is 0. The lowest BCUT2D eigenvalue weighted by atomic mass is 9.72. The van der Waals surface area contributed by atoms with Crippen LogP contribution in [0.25, 0.3) is 11.1 Å². The zero-order valence-electron chi connectivity index (χ0n) is 22.6. The van der Waals surface area contributed by atoms with Gasteiger partial charge in [0.15, 0.2) is 0 Å². The van der Waals surface area contributed by atoms with Crippen molar-refractivity contribution in [1.82, 2.24) is 0 Å². The molecule has 3 aromatic rings. The summed E-state index contributed by atoms with van der Waals surface area (Å²) in [5, 5.41) is 0. The first-order valence-electron chi connectivity index (χ1n) is 13.7. The van der Waals surface area contributed by atoms with Gasteiger partial charge in [-0.05, 0) is 133 Å². The molecule has 0 N–H and O–H groups in total. The second-order valence-corrected chi connectivity index (χ2v) is 11.1. The van der Waals surface area contributed by atoms with Crippen LogP contribution in [0.2, 0.25) is 0 Å². The fourth-order valence-electron chi connectivity index (χ4n) is 6.37. The summed E-state index contributed by atoms with van der Waals surface area (Å²) in [6, 6.07) is 16.6. The first-order chi connectivity index (χ1) is 16.3. The van der Waals surface area contributed by atoms with Gasteiger partial charge in [0.1, 0.15) is 0 Å². The van der Waals surface area contributed by atoms with Crippen molar-refractivity contribution in [1.29, 1.82) is 0 Å². The maximum Gasteiger partial charge on any atom is -0.0116 e. The molecule has 0 bridgehead atoms. The number of rotatable bonds is 7. The van der Waals surface area contributed by atoms with Gasteiger partial charge in [0, 0.05) is 0 Å². The van der Waals surface area contributed by atoms with Crippen LogP contribution in [-0.2, 0) is 32.1 Å². The van der Waals surface area contributed by atoms with Gasteiger partial charge in [-0.25, -0.2) is 0 Å². The van der Waals surface area contributed by atoms with E-state index >= 15 is 0 Å². The van der Waals surface area contributed by atoms with Gasteiger partial charge in [-0.2, -0.15) is 0 Å². The Morgan fingerprint density at radius 2 is 1.56 bits per heavy atom. The summed E-state index contributed by atoms with van der Waals surface area (Å²) in [6.45, 7) is 16.3. The first kappa shape index (κ1) is 24.8. The van der Waals surface area contributed by atoms with Gasteiger partial charge in [0.25, 0.3) is 0 Å². The lowest BCUT2D eigenvalue weighted by Crippen LogP contribution is -2.18. The summed E-state index contributed by atoms with van der Waals surface area (Å²) in [4.78, 5) is 0. The molecule has 34 heavy (non-hydrogen) atoms. The van der Waals surface area contributed by atoms with Crippen molar-refractivity contribution in [2.45, 2.75) is 99.3 Å². The zero-order valence-corrected chi connectivity index (χ0v) is 22.6. The molecule has 3 aromatic carbocycles. The predicted octanol–water partition coefficient (Wildman–Crippen LogP) is 9.26. The minimum Gasteiger partial charge on any atom is -0.0625 e. The third kappa shape index (κ3) is 4.88. The molecule has 0 heterocycles. The predicted molar refractivity (Wildman–Crippen MR) is 149 cm³/mol. The fourth-order valence-corrected chi connectivity index (χ4v) is 6.37. The molecule has 1 aliphatic carbocycles. The number of hydrogen-bond acceptors (Lipinski definition) is 0. The molecule has 0 radical (unpaired) electrons. The van der Waals surface area contributed by atoms with Crippen molar-refractivity contribution in [3.05, 3.63) is 92.5 Å². The van der Waals surface area contributed by atoms with Crippen molar-refractivity contribution in [3.63, 3.8) is 0 Å². The van der Waals surface area contributed by atoms with Crippen LogP contribution in [0.3, 0.4) is 0 Å². The molecule has 0 fully saturated rings.